The van der Waals surface area contributed by atoms with Crippen molar-refractivity contribution in [3.63, 3.8) is 0 Å². The fraction of sp³-hybridized carbons (Fsp3) is 0.727. The molecule has 0 saturated carbocycles. The van der Waals surface area contributed by atoms with Crippen molar-refractivity contribution in [2.24, 2.45) is 0 Å². The fourth-order valence-electron chi connectivity index (χ4n) is 12.9. The number of carbonyl (C=O) groups excluding carboxylic acids is 3. The third kappa shape index (κ3) is 92.0. The molecule has 117 heavy (non-hydrogen) atoms. The molecule has 0 aliphatic rings. The van der Waals surface area contributed by atoms with Gasteiger partial charge in [-0.1, -0.05) is 385 Å². The number of phosphoric acid groups is 2. The van der Waals surface area contributed by atoms with Gasteiger partial charge in [-0.2, -0.15) is 0 Å². The lowest BCUT2D eigenvalue weighted by Crippen LogP contribution is -2.30. The molecule has 674 valence electrons. The van der Waals surface area contributed by atoms with Gasteiger partial charge in [0.05, 0.1) is 26.4 Å². The summed E-state index contributed by atoms with van der Waals surface area (Å²) >= 11 is 0. The van der Waals surface area contributed by atoms with Crippen LogP contribution >= 0.6 is 15.6 Å². The zero-order chi connectivity index (χ0) is 85.1. The Hall–Kier alpha value is -4.57. The van der Waals surface area contributed by atoms with Crippen LogP contribution in [0.1, 0.15) is 406 Å². The quantitative estimate of drug-likeness (QED) is 0.0146. The van der Waals surface area contributed by atoms with Crippen LogP contribution in [-0.4, -0.2) is 95.9 Å². The van der Waals surface area contributed by atoms with Crippen LogP contribution in [0.4, 0.5) is 0 Å². The van der Waals surface area contributed by atoms with E-state index in [9.17, 15) is 43.5 Å². The fourth-order valence-corrected chi connectivity index (χ4v) is 14.5. The molecule has 4 N–H and O–H groups in total. The number of hydrogen-bond donors (Lipinski definition) is 4. The van der Waals surface area contributed by atoms with Gasteiger partial charge in [-0.05, 0) is 148 Å². The van der Waals surface area contributed by atoms with Crippen LogP contribution in [-0.2, 0) is 55.8 Å². The first kappa shape index (κ1) is 112. The van der Waals surface area contributed by atoms with Gasteiger partial charge in [0.25, 0.3) is 0 Å². The number of carbonyl (C=O) groups is 3. The third-order valence-corrected chi connectivity index (χ3v) is 21.9. The van der Waals surface area contributed by atoms with Crippen LogP contribution in [0.15, 0.2) is 146 Å². The highest BCUT2D eigenvalue weighted by molar-refractivity contribution is 7.47. The Morgan fingerprint density at radius 2 is 0.453 bits per heavy atom. The van der Waals surface area contributed by atoms with Gasteiger partial charge in [-0.25, -0.2) is 9.13 Å². The average molecular weight is 1680 g/mol. The summed E-state index contributed by atoms with van der Waals surface area (Å²) in [7, 11) is -9.81. The number of esters is 3. The van der Waals surface area contributed by atoms with Gasteiger partial charge in [-0.15, -0.1) is 0 Å². The third-order valence-electron chi connectivity index (χ3n) is 20.0. The molecule has 0 spiro atoms. The summed E-state index contributed by atoms with van der Waals surface area (Å²) in [5, 5.41) is 20.7. The number of ether oxygens (including phenoxy) is 3. The van der Waals surface area contributed by atoms with Crippen molar-refractivity contribution >= 4 is 33.6 Å². The van der Waals surface area contributed by atoms with Gasteiger partial charge in [0.15, 0.2) is 6.10 Å². The van der Waals surface area contributed by atoms with E-state index in [2.05, 4.69) is 167 Å². The maximum atomic E-state index is 13.1. The molecule has 0 aliphatic heterocycles. The second kappa shape index (κ2) is 90.7. The van der Waals surface area contributed by atoms with Gasteiger partial charge in [0.2, 0.25) is 0 Å². The van der Waals surface area contributed by atoms with Crippen molar-refractivity contribution in [3.05, 3.63) is 146 Å². The van der Waals surface area contributed by atoms with E-state index in [4.69, 9.17) is 32.3 Å². The summed E-state index contributed by atoms with van der Waals surface area (Å²) < 4.78 is 61.5. The second-order valence-electron chi connectivity index (χ2n) is 31.4. The minimum absolute atomic E-state index is 0.0881. The average Bonchev–Trinajstić information content (AvgIpc) is 0.899. The van der Waals surface area contributed by atoms with Crippen molar-refractivity contribution in [3.8, 4) is 0 Å². The van der Waals surface area contributed by atoms with E-state index in [-0.39, 0.29) is 19.3 Å². The van der Waals surface area contributed by atoms with Crippen LogP contribution in [0, 0.1) is 0 Å². The molecule has 0 radical (unpaired) electrons. The molecule has 18 heteroatoms. The maximum Gasteiger partial charge on any atom is 0.472 e. The summed E-state index contributed by atoms with van der Waals surface area (Å²) in [5.74, 6) is -1.58. The van der Waals surface area contributed by atoms with Crippen LogP contribution < -0.4 is 0 Å². The van der Waals surface area contributed by atoms with Gasteiger partial charge in [0.1, 0.15) is 25.4 Å². The standard InChI is InChI=1S/C99H172O16P2/c1-4-7-10-13-16-19-22-25-28-31-34-36-38-40-42-44-45-46-47-49-51-52-54-56-59-61-64-67-70-73-76-79-82-85-97(102)109-88-94(100)89-111-116(105,106)112-90-95(101)91-113-117(107,108)114-93-96(115-99(104)87-84-81-78-75-72-69-66-63-58-33-30-27-24-21-18-15-12-9-6-3)92-110-98(103)86-83-80-77-74-71-68-65-62-60-57-55-53-50-48-43-41-39-37-35-32-29-26-23-20-17-14-11-8-5-2/h8,11,16-21,25-30,34-37,40-43,58,63,94-96,100-101H,4-7,9-10,12-15,22-24,31-33,38-39,44-57,59-62,64-93H2,1-3H3,(H,105,106)(H,107,108)/b11-8-,19-16-,20-17-,21-18-,28-25-,29-26-,30-27-,36-34-,37-35-,42-40-,43-41-,63-58-. The first-order valence-corrected chi connectivity index (χ1v) is 50.1. The van der Waals surface area contributed by atoms with E-state index in [1.165, 1.54) is 186 Å². The zero-order valence-corrected chi connectivity index (χ0v) is 76.1. The largest absolute Gasteiger partial charge is 0.472 e. The molecule has 5 atom stereocenters. The Morgan fingerprint density at radius 1 is 0.248 bits per heavy atom. The number of unbranched alkanes of at least 4 members (excludes halogenated alkanes) is 42. The Kier molecular flexibility index (Phi) is 87.1. The summed E-state index contributed by atoms with van der Waals surface area (Å²) in [6.07, 6.45) is 115. The minimum atomic E-state index is -4.95. The molecular weight excluding hydrogens is 1510 g/mol. The number of aliphatic hydroxyl groups is 2. The van der Waals surface area contributed by atoms with Crippen molar-refractivity contribution in [2.45, 2.75) is 424 Å². The van der Waals surface area contributed by atoms with Crippen LogP contribution in [0.5, 0.6) is 0 Å². The molecule has 0 amide bonds. The van der Waals surface area contributed by atoms with E-state index in [0.717, 1.165) is 161 Å². The molecule has 0 heterocycles. The first-order valence-electron chi connectivity index (χ1n) is 47.1. The van der Waals surface area contributed by atoms with Gasteiger partial charge < -0.3 is 34.2 Å². The number of allylic oxidation sites excluding steroid dienone is 24. The highest BCUT2D eigenvalue weighted by Gasteiger charge is 2.30. The Bertz CT molecular complexity index is 2710. The molecule has 0 aromatic carbocycles. The van der Waals surface area contributed by atoms with E-state index >= 15 is 0 Å². The van der Waals surface area contributed by atoms with Crippen molar-refractivity contribution in [1.82, 2.24) is 0 Å². The van der Waals surface area contributed by atoms with Gasteiger partial charge >= 0.3 is 33.6 Å². The van der Waals surface area contributed by atoms with Gasteiger partial charge in [0, 0.05) is 19.3 Å². The predicted molar refractivity (Wildman–Crippen MR) is 491 cm³/mol. The molecule has 0 saturated heterocycles. The Labute approximate surface area is 715 Å². The second-order valence-corrected chi connectivity index (χ2v) is 34.3. The van der Waals surface area contributed by atoms with E-state index < -0.39 is 91.5 Å². The number of rotatable bonds is 89. The van der Waals surface area contributed by atoms with Crippen LogP contribution in [0.25, 0.3) is 0 Å². The number of aliphatic hydroxyl groups excluding tert-OH is 2. The lowest BCUT2D eigenvalue weighted by Gasteiger charge is -2.21. The van der Waals surface area contributed by atoms with Crippen LogP contribution in [0.3, 0.4) is 0 Å². The molecule has 0 aromatic heterocycles. The minimum Gasteiger partial charge on any atom is -0.463 e. The maximum absolute atomic E-state index is 13.1. The van der Waals surface area contributed by atoms with Crippen LogP contribution in [0.2, 0.25) is 0 Å². The first-order chi connectivity index (χ1) is 57.2. The molecule has 0 rings (SSSR count). The molecule has 16 nitrogen and oxygen atoms in total. The van der Waals surface area contributed by atoms with Crippen molar-refractivity contribution < 1.29 is 75.8 Å². The van der Waals surface area contributed by atoms with E-state index in [1.807, 2.05) is 0 Å². The van der Waals surface area contributed by atoms with Crippen molar-refractivity contribution in [1.29, 1.82) is 0 Å². The molecule has 0 aromatic rings. The SMILES string of the molecule is CC/C=C\C/C=C\C/C=C\C/C=C\C/C=C\CCCCCCCCCCCCCCCC(=O)OCC(COP(=O)(O)OCC(O)COP(=O)(O)OCC(O)COC(=O)CCCCCCCCCCCCCCCCCCC/C=C\C/C=C\C/C=C\C/C=C\CCCCC)OC(=O)CCCCCCCC/C=C\C/C=C\C/C=C\CCCCC. The van der Waals surface area contributed by atoms with E-state index in [1.54, 1.807) is 0 Å². The lowest BCUT2D eigenvalue weighted by atomic mass is 10.0. The molecule has 5 unspecified atom stereocenters. The molecule has 0 fully saturated rings. The Morgan fingerprint density at radius 3 is 0.718 bits per heavy atom. The van der Waals surface area contributed by atoms with Gasteiger partial charge in [-0.3, -0.25) is 32.5 Å². The normalized spacial score (nSPS) is 14.4. The number of hydrogen-bond acceptors (Lipinski definition) is 14. The monoisotopic (exact) mass is 1680 g/mol. The Balaban J connectivity index is 4.53. The molecule has 0 aliphatic carbocycles. The summed E-state index contributed by atoms with van der Waals surface area (Å²) in [4.78, 5) is 59.0. The smallest absolute Gasteiger partial charge is 0.463 e. The lowest BCUT2D eigenvalue weighted by molar-refractivity contribution is -0.161. The number of phosphoric ester groups is 2. The summed E-state index contributed by atoms with van der Waals surface area (Å²) in [5.41, 5.74) is 0. The zero-order valence-electron chi connectivity index (χ0n) is 74.3. The molecule has 0 bridgehead atoms. The highest BCUT2D eigenvalue weighted by Crippen LogP contribution is 2.45. The van der Waals surface area contributed by atoms with E-state index in [0.29, 0.717) is 19.3 Å². The predicted octanol–water partition coefficient (Wildman–Crippen LogP) is 29.1. The summed E-state index contributed by atoms with van der Waals surface area (Å²) in [6.45, 7) is 2.56. The summed E-state index contributed by atoms with van der Waals surface area (Å²) in [6, 6.07) is 0. The van der Waals surface area contributed by atoms with Crippen molar-refractivity contribution in [2.75, 3.05) is 39.6 Å². The molecular formula is C99H172O16P2. The highest BCUT2D eigenvalue weighted by atomic mass is 31.2. The topological polar surface area (TPSA) is 231 Å².